The molecule has 2 N–H and O–H groups in total. The van der Waals surface area contributed by atoms with Crippen LogP contribution < -0.4 is 10.6 Å². The molecule has 3 aliphatic heterocycles. The second kappa shape index (κ2) is 7.17. The fourth-order valence-corrected chi connectivity index (χ4v) is 6.69. The summed E-state index contributed by atoms with van der Waals surface area (Å²) in [5.74, 6) is 1.23. The number of aromatic nitrogens is 1. The first-order chi connectivity index (χ1) is 13.2. The molecule has 4 aliphatic rings. The van der Waals surface area contributed by atoms with Gasteiger partial charge in [-0.3, -0.25) is 9.59 Å². The Morgan fingerprint density at radius 2 is 2.04 bits per heavy atom. The zero-order valence-corrected chi connectivity index (χ0v) is 16.5. The first kappa shape index (κ1) is 17.6. The van der Waals surface area contributed by atoms with Gasteiger partial charge >= 0.3 is 0 Å². The third-order valence-electron chi connectivity index (χ3n) is 6.91. The Morgan fingerprint density at radius 1 is 1.19 bits per heavy atom. The monoisotopic (exact) mass is 388 g/mol. The molecule has 3 fully saturated rings. The largest absolute Gasteiger partial charge is 0.348 e. The van der Waals surface area contributed by atoms with E-state index in [9.17, 15) is 9.59 Å². The smallest absolute Gasteiger partial charge is 0.280 e. The summed E-state index contributed by atoms with van der Waals surface area (Å²) >= 11 is 1.56. The van der Waals surface area contributed by atoms with Gasteiger partial charge in [0.1, 0.15) is 0 Å². The summed E-state index contributed by atoms with van der Waals surface area (Å²) in [5, 5.41) is 7.27. The van der Waals surface area contributed by atoms with Gasteiger partial charge in [-0.2, -0.15) is 0 Å². The number of aryl methyl sites for hydroxylation is 2. The van der Waals surface area contributed by atoms with Crippen LogP contribution in [0.2, 0.25) is 0 Å². The van der Waals surface area contributed by atoms with Gasteiger partial charge in [0.25, 0.3) is 5.91 Å². The van der Waals surface area contributed by atoms with E-state index in [4.69, 9.17) is 0 Å². The van der Waals surface area contributed by atoms with Crippen LogP contribution in [-0.4, -0.2) is 53.4 Å². The number of piperidine rings is 3. The van der Waals surface area contributed by atoms with Crippen molar-refractivity contribution in [3.8, 4) is 0 Å². The van der Waals surface area contributed by atoms with Gasteiger partial charge in [0, 0.05) is 30.4 Å². The third-order valence-corrected chi connectivity index (χ3v) is 8.07. The first-order valence-corrected chi connectivity index (χ1v) is 11.3. The molecule has 7 heteroatoms. The van der Waals surface area contributed by atoms with Crippen LogP contribution in [-0.2, 0) is 17.6 Å². The molecule has 0 aromatic carbocycles. The standard InChI is InChI=1S/C20H28N4O2S/c25-18-7-3-5-15-12-8-13(10-21-9-12)16(24(15)18)11-22-19(26)20-23-14-4-1-2-6-17(14)27-20/h12-13,15-16,21H,1-11H2,(H,22,26)/t12-,13+,15+,16+/m1/s1. The zero-order valence-electron chi connectivity index (χ0n) is 15.7. The molecule has 4 atom stereocenters. The number of thiazole rings is 1. The Balaban J connectivity index is 1.30. The predicted molar refractivity (Wildman–Crippen MR) is 104 cm³/mol. The van der Waals surface area contributed by atoms with Crippen LogP contribution in [0.3, 0.4) is 0 Å². The average Bonchev–Trinajstić information content (AvgIpc) is 3.13. The van der Waals surface area contributed by atoms with E-state index in [1.54, 1.807) is 11.3 Å². The highest BCUT2D eigenvalue weighted by Gasteiger charge is 2.47. The van der Waals surface area contributed by atoms with E-state index in [1.165, 1.54) is 24.1 Å². The van der Waals surface area contributed by atoms with Gasteiger partial charge in [0.2, 0.25) is 5.91 Å². The normalized spacial score (nSPS) is 32.6. The van der Waals surface area contributed by atoms with Crippen molar-refractivity contribution < 1.29 is 9.59 Å². The van der Waals surface area contributed by atoms with Gasteiger partial charge in [-0.1, -0.05) is 0 Å². The van der Waals surface area contributed by atoms with Crippen LogP contribution in [0, 0.1) is 11.8 Å². The molecule has 1 aromatic heterocycles. The molecular weight excluding hydrogens is 360 g/mol. The van der Waals surface area contributed by atoms with Gasteiger partial charge in [-0.15, -0.1) is 11.3 Å². The number of carbonyl (C=O) groups is 2. The SMILES string of the molecule is O=C(NC[C@H]1[C@@H]2CNC[C@@H](C2)[C@@H]2CCCC(=O)N21)c1nc2c(s1)CCCC2. The molecule has 4 heterocycles. The number of carbonyl (C=O) groups excluding carboxylic acids is 2. The quantitative estimate of drug-likeness (QED) is 0.827. The van der Waals surface area contributed by atoms with Crippen LogP contribution >= 0.6 is 11.3 Å². The Bertz CT molecular complexity index is 725. The Labute approximate surface area is 164 Å². The van der Waals surface area contributed by atoms with Crippen LogP contribution in [0.1, 0.15) is 58.9 Å². The molecule has 0 unspecified atom stereocenters. The molecule has 0 saturated carbocycles. The van der Waals surface area contributed by atoms with E-state index < -0.39 is 0 Å². The second-order valence-electron chi connectivity index (χ2n) is 8.55. The lowest BCUT2D eigenvalue weighted by Crippen LogP contribution is -2.66. The Hall–Kier alpha value is -1.47. The highest BCUT2D eigenvalue weighted by atomic mass is 32.1. The fourth-order valence-electron chi connectivity index (χ4n) is 5.62. The van der Waals surface area contributed by atoms with Crippen molar-refractivity contribution in [2.24, 2.45) is 11.8 Å². The maximum Gasteiger partial charge on any atom is 0.280 e. The lowest BCUT2D eigenvalue weighted by atomic mass is 9.72. The summed E-state index contributed by atoms with van der Waals surface area (Å²) in [6.45, 7) is 2.51. The van der Waals surface area contributed by atoms with E-state index in [0.29, 0.717) is 35.9 Å². The van der Waals surface area contributed by atoms with Crippen molar-refractivity contribution in [3.63, 3.8) is 0 Å². The number of hydrogen-bond donors (Lipinski definition) is 2. The molecule has 2 amide bonds. The molecule has 0 spiro atoms. The number of rotatable bonds is 3. The van der Waals surface area contributed by atoms with E-state index in [1.807, 2.05) is 0 Å². The van der Waals surface area contributed by atoms with Crippen molar-refractivity contribution in [2.75, 3.05) is 19.6 Å². The molecule has 1 aromatic rings. The fraction of sp³-hybridized carbons (Fsp3) is 0.750. The molecule has 6 nitrogen and oxygen atoms in total. The van der Waals surface area contributed by atoms with E-state index in [0.717, 1.165) is 44.5 Å². The molecule has 146 valence electrons. The van der Waals surface area contributed by atoms with Crippen LogP contribution in [0.4, 0.5) is 0 Å². The van der Waals surface area contributed by atoms with Gasteiger partial charge in [-0.25, -0.2) is 4.98 Å². The van der Waals surface area contributed by atoms with Gasteiger partial charge in [0.15, 0.2) is 5.01 Å². The molecule has 2 bridgehead atoms. The Morgan fingerprint density at radius 3 is 2.93 bits per heavy atom. The van der Waals surface area contributed by atoms with Crippen molar-refractivity contribution in [2.45, 2.75) is 63.5 Å². The highest BCUT2D eigenvalue weighted by Crippen LogP contribution is 2.39. The van der Waals surface area contributed by atoms with Crippen molar-refractivity contribution >= 4 is 23.2 Å². The number of amides is 2. The van der Waals surface area contributed by atoms with Crippen molar-refractivity contribution in [3.05, 3.63) is 15.6 Å². The van der Waals surface area contributed by atoms with Crippen molar-refractivity contribution in [1.29, 1.82) is 0 Å². The number of fused-ring (bicyclic) bond motifs is 5. The molecule has 3 saturated heterocycles. The van der Waals surface area contributed by atoms with Gasteiger partial charge < -0.3 is 15.5 Å². The van der Waals surface area contributed by atoms with Crippen molar-refractivity contribution in [1.82, 2.24) is 20.5 Å². The van der Waals surface area contributed by atoms with Crippen LogP contribution in [0.5, 0.6) is 0 Å². The van der Waals surface area contributed by atoms with Crippen LogP contribution in [0.25, 0.3) is 0 Å². The number of hydrogen-bond acceptors (Lipinski definition) is 5. The lowest BCUT2D eigenvalue weighted by Gasteiger charge is -2.54. The summed E-state index contributed by atoms with van der Waals surface area (Å²) in [6.07, 6.45) is 8.38. The lowest BCUT2D eigenvalue weighted by molar-refractivity contribution is -0.148. The predicted octanol–water partition coefficient (Wildman–Crippen LogP) is 1.74. The molecular formula is C20H28N4O2S. The minimum absolute atomic E-state index is 0.0682. The maximum atomic E-state index is 12.7. The van der Waals surface area contributed by atoms with E-state index in [-0.39, 0.29) is 17.9 Å². The molecule has 0 radical (unpaired) electrons. The van der Waals surface area contributed by atoms with Gasteiger partial charge in [0.05, 0.1) is 11.7 Å². The summed E-state index contributed by atoms with van der Waals surface area (Å²) in [4.78, 5) is 33.5. The van der Waals surface area contributed by atoms with E-state index in [2.05, 4.69) is 20.5 Å². The third kappa shape index (κ3) is 3.18. The summed E-state index contributed by atoms with van der Waals surface area (Å²) < 4.78 is 0. The highest BCUT2D eigenvalue weighted by molar-refractivity contribution is 7.13. The molecule has 27 heavy (non-hydrogen) atoms. The topological polar surface area (TPSA) is 74.3 Å². The minimum Gasteiger partial charge on any atom is -0.348 e. The minimum atomic E-state index is -0.0682. The average molecular weight is 389 g/mol. The number of nitrogens with zero attached hydrogens (tertiary/aromatic N) is 2. The summed E-state index contributed by atoms with van der Waals surface area (Å²) in [5.41, 5.74) is 1.12. The van der Waals surface area contributed by atoms with Gasteiger partial charge in [-0.05, 0) is 63.3 Å². The second-order valence-corrected chi connectivity index (χ2v) is 9.63. The summed E-state index contributed by atoms with van der Waals surface area (Å²) in [6, 6.07) is 0.467. The van der Waals surface area contributed by atoms with Crippen LogP contribution in [0.15, 0.2) is 0 Å². The maximum absolute atomic E-state index is 12.7. The molecule has 5 rings (SSSR count). The number of nitrogens with one attached hydrogen (secondary N) is 2. The molecule has 1 aliphatic carbocycles. The summed E-state index contributed by atoms with van der Waals surface area (Å²) in [7, 11) is 0. The first-order valence-electron chi connectivity index (χ1n) is 10.5. The van der Waals surface area contributed by atoms with E-state index >= 15 is 0 Å². The Kier molecular flexibility index (Phi) is 4.68. The zero-order chi connectivity index (χ0) is 18.4.